The molecule has 1 aliphatic rings. The van der Waals surface area contributed by atoms with E-state index in [1.165, 1.54) is 0 Å². The number of amides is 2. The number of hydrogen-bond donors (Lipinski definition) is 1. The van der Waals surface area contributed by atoms with Crippen LogP contribution in [0.1, 0.15) is 15.9 Å². The molecule has 1 fully saturated rings. The normalized spacial score (nSPS) is 15.8. The second-order valence-corrected chi connectivity index (χ2v) is 8.04. The average Bonchev–Trinajstić information content (AvgIpc) is 2.85. The molecule has 1 heterocycles. The lowest BCUT2D eigenvalue weighted by atomic mass is 10.2. The molecule has 8 heteroatoms. The summed E-state index contributed by atoms with van der Waals surface area (Å²) in [6.07, 6.45) is 1.74. The van der Waals surface area contributed by atoms with Gasteiger partial charge in [-0.25, -0.2) is 0 Å². The minimum Gasteiger partial charge on any atom is -0.267 e. The maximum absolute atomic E-state index is 12.5. The lowest BCUT2D eigenvalue weighted by molar-refractivity contribution is -0.123. The van der Waals surface area contributed by atoms with Gasteiger partial charge in [0.25, 0.3) is 11.8 Å². The maximum Gasteiger partial charge on any atom is 0.285 e. The first kappa shape index (κ1) is 18.1. The molecule has 0 saturated carbocycles. The molecule has 0 unspecified atom stereocenters. The van der Waals surface area contributed by atoms with Gasteiger partial charge in [0.15, 0.2) is 4.32 Å². The van der Waals surface area contributed by atoms with E-state index in [4.69, 9.17) is 23.8 Å². The van der Waals surface area contributed by atoms with Crippen molar-refractivity contribution in [1.29, 1.82) is 0 Å². The molecule has 2 amide bonds. The van der Waals surface area contributed by atoms with E-state index in [0.717, 1.165) is 26.8 Å². The van der Waals surface area contributed by atoms with Gasteiger partial charge in [-0.15, -0.1) is 0 Å². The van der Waals surface area contributed by atoms with Crippen LogP contribution in [0, 0.1) is 0 Å². The third kappa shape index (κ3) is 4.30. The van der Waals surface area contributed by atoms with Crippen LogP contribution in [0.5, 0.6) is 0 Å². The van der Waals surface area contributed by atoms with Crippen molar-refractivity contribution >= 4 is 73.7 Å². The molecule has 0 aromatic heterocycles. The van der Waals surface area contributed by atoms with Crippen molar-refractivity contribution in [1.82, 2.24) is 10.4 Å². The molecule has 126 valence electrons. The fourth-order valence-corrected chi connectivity index (χ4v) is 3.61. The fourth-order valence-electron chi connectivity index (χ4n) is 2.04. The van der Waals surface area contributed by atoms with E-state index in [1.54, 1.807) is 30.3 Å². The van der Waals surface area contributed by atoms with E-state index < -0.39 is 5.91 Å². The SMILES string of the molecule is O=C(NN1C(=O)/C(=C\c2ccc(Br)cc2)SC1=S)c1ccc(Cl)cc1. The summed E-state index contributed by atoms with van der Waals surface area (Å²) in [7, 11) is 0. The molecule has 1 N–H and O–H groups in total. The largest absolute Gasteiger partial charge is 0.285 e. The highest BCUT2D eigenvalue weighted by Crippen LogP contribution is 2.31. The molecule has 1 saturated heterocycles. The van der Waals surface area contributed by atoms with Crippen LogP contribution in [0.4, 0.5) is 0 Å². The van der Waals surface area contributed by atoms with Crippen molar-refractivity contribution in [2.24, 2.45) is 0 Å². The lowest BCUT2D eigenvalue weighted by Gasteiger charge is -2.15. The zero-order chi connectivity index (χ0) is 18.0. The first-order valence-corrected chi connectivity index (χ1v) is 9.44. The highest BCUT2D eigenvalue weighted by atomic mass is 79.9. The smallest absolute Gasteiger partial charge is 0.267 e. The molecule has 3 rings (SSSR count). The highest BCUT2D eigenvalue weighted by molar-refractivity contribution is 9.10. The van der Waals surface area contributed by atoms with Crippen LogP contribution < -0.4 is 5.43 Å². The van der Waals surface area contributed by atoms with Crippen LogP contribution in [0.25, 0.3) is 6.08 Å². The van der Waals surface area contributed by atoms with Gasteiger partial charge in [0, 0.05) is 15.1 Å². The Kier molecular flexibility index (Phi) is 5.58. The first-order chi connectivity index (χ1) is 11.9. The van der Waals surface area contributed by atoms with E-state index in [2.05, 4.69) is 21.4 Å². The van der Waals surface area contributed by atoms with Gasteiger partial charge in [-0.1, -0.05) is 51.4 Å². The summed E-state index contributed by atoms with van der Waals surface area (Å²) in [6, 6.07) is 13.9. The predicted octanol–water partition coefficient (Wildman–Crippen LogP) is 4.65. The number of carbonyl (C=O) groups is 2. The minimum atomic E-state index is -0.433. The molecule has 2 aromatic rings. The zero-order valence-electron chi connectivity index (χ0n) is 12.5. The maximum atomic E-state index is 12.5. The number of carbonyl (C=O) groups excluding carboxylic acids is 2. The van der Waals surface area contributed by atoms with Crippen LogP contribution in [-0.4, -0.2) is 21.1 Å². The molecule has 1 aliphatic heterocycles. The Balaban J connectivity index is 1.76. The van der Waals surface area contributed by atoms with Gasteiger partial charge >= 0.3 is 0 Å². The molecule has 25 heavy (non-hydrogen) atoms. The van der Waals surface area contributed by atoms with Crippen molar-refractivity contribution in [2.75, 3.05) is 0 Å². The van der Waals surface area contributed by atoms with Gasteiger partial charge in [-0.2, -0.15) is 5.01 Å². The second kappa shape index (κ2) is 7.70. The molecular weight excluding hydrogens is 444 g/mol. The Morgan fingerprint density at radius 3 is 2.44 bits per heavy atom. The summed E-state index contributed by atoms with van der Waals surface area (Å²) in [5.74, 6) is -0.793. The minimum absolute atomic E-state index is 0.274. The number of hydrogen-bond acceptors (Lipinski definition) is 4. The average molecular weight is 454 g/mol. The summed E-state index contributed by atoms with van der Waals surface area (Å²) in [5.41, 5.74) is 3.78. The number of nitrogens with one attached hydrogen (secondary N) is 1. The summed E-state index contributed by atoms with van der Waals surface area (Å²) in [5, 5.41) is 1.61. The van der Waals surface area contributed by atoms with Gasteiger partial charge in [0.05, 0.1) is 4.91 Å². The second-order valence-electron chi connectivity index (χ2n) is 5.02. The van der Waals surface area contributed by atoms with Crippen LogP contribution >= 0.6 is 51.5 Å². The molecule has 2 aromatic carbocycles. The van der Waals surface area contributed by atoms with Gasteiger partial charge in [-0.05, 0) is 60.3 Å². The molecule has 0 spiro atoms. The van der Waals surface area contributed by atoms with Gasteiger partial charge in [0.2, 0.25) is 0 Å². The van der Waals surface area contributed by atoms with E-state index >= 15 is 0 Å². The van der Waals surface area contributed by atoms with E-state index in [9.17, 15) is 9.59 Å². The molecule has 0 atom stereocenters. The Morgan fingerprint density at radius 2 is 1.80 bits per heavy atom. The topological polar surface area (TPSA) is 49.4 Å². The van der Waals surface area contributed by atoms with Gasteiger partial charge in [-0.3, -0.25) is 15.0 Å². The molecule has 4 nitrogen and oxygen atoms in total. The van der Waals surface area contributed by atoms with Crippen LogP contribution in [0.15, 0.2) is 57.9 Å². The van der Waals surface area contributed by atoms with Crippen LogP contribution in [0.2, 0.25) is 5.02 Å². The first-order valence-electron chi connectivity index (χ1n) is 7.04. The highest BCUT2D eigenvalue weighted by Gasteiger charge is 2.33. The Hall–Kier alpha value is -1.67. The molecular formula is C17H10BrClN2O2S2. The summed E-state index contributed by atoms with van der Waals surface area (Å²) < 4.78 is 1.23. The Bertz CT molecular complexity index is 883. The molecule has 0 bridgehead atoms. The molecule has 0 aliphatic carbocycles. The number of thioether (sulfide) groups is 1. The Labute approximate surface area is 167 Å². The van der Waals surface area contributed by atoms with Crippen molar-refractivity contribution in [3.63, 3.8) is 0 Å². The van der Waals surface area contributed by atoms with Crippen molar-refractivity contribution < 1.29 is 9.59 Å². The van der Waals surface area contributed by atoms with Crippen molar-refractivity contribution in [3.8, 4) is 0 Å². The van der Waals surface area contributed by atoms with E-state index in [-0.39, 0.29) is 10.2 Å². The van der Waals surface area contributed by atoms with E-state index in [1.807, 2.05) is 24.3 Å². The summed E-state index contributed by atoms with van der Waals surface area (Å²) in [4.78, 5) is 25.2. The number of thiocarbonyl (C=S) groups is 1. The number of nitrogens with zero attached hydrogens (tertiary/aromatic N) is 1. The van der Waals surface area contributed by atoms with Crippen LogP contribution in [0.3, 0.4) is 0 Å². The van der Waals surface area contributed by atoms with Gasteiger partial charge in [0.1, 0.15) is 0 Å². The van der Waals surface area contributed by atoms with Crippen molar-refractivity contribution in [2.45, 2.75) is 0 Å². The molecule has 0 radical (unpaired) electrons. The number of hydrazine groups is 1. The standard InChI is InChI=1S/C17H10BrClN2O2S2/c18-12-5-1-10(2-6-12)9-14-16(23)21(17(24)25-14)20-15(22)11-3-7-13(19)8-4-11/h1-9H,(H,20,22)/b14-9+. The van der Waals surface area contributed by atoms with Gasteiger partial charge < -0.3 is 0 Å². The number of rotatable bonds is 3. The third-order valence-electron chi connectivity index (χ3n) is 3.28. The number of halogens is 2. The fraction of sp³-hybridized carbons (Fsp3) is 0. The quantitative estimate of drug-likeness (QED) is 0.543. The predicted molar refractivity (Wildman–Crippen MR) is 108 cm³/mol. The van der Waals surface area contributed by atoms with Crippen molar-refractivity contribution in [3.05, 3.63) is 74.1 Å². The van der Waals surface area contributed by atoms with Crippen LogP contribution in [-0.2, 0) is 4.79 Å². The summed E-state index contributed by atoms with van der Waals surface area (Å²) >= 11 is 15.5. The third-order valence-corrected chi connectivity index (χ3v) is 5.36. The summed E-state index contributed by atoms with van der Waals surface area (Å²) in [6.45, 7) is 0. The zero-order valence-corrected chi connectivity index (χ0v) is 16.5. The lowest BCUT2D eigenvalue weighted by Crippen LogP contribution is -2.44. The Morgan fingerprint density at radius 1 is 1.16 bits per heavy atom. The van der Waals surface area contributed by atoms with E-state index in [0.29, 0.717) is 15.5 Å². The monoisotopic (exact) mass is 452 g/mol. The number of benzene rings is 2.